The van der Waals surface area contributed by atoms with E-state index >= 15 is 0 Å². The zero-order valence-corrected chi connectivity index (χ0v) is 17.1. The van der Waals surface area contributed by atoms with Crippen LogP contribution in [0, 0.1) is 19.3 Å². The van der Waals surface area contributed by atoms with Crippen molar-refractivity contribution in [2.24, 2.45) is 5.41 Å². The molecule has 1 aromatic carbocycles. The van der Waals surface area contributed by atoms with Crippen LogP contribution in [0.4, 0.5) is 5.69 Å². The van der Waals surface area contributed by atoms with Gasteiger partial charge in [-0.2, -0.15) is 0 Å². The Morgan fingerprint density at radius 3 is 2.52 bits per heavy atom. The van der Waals surface area contributed by atoms with E-state index in [2.05, 4.69) is 59.1 Å². The van der Waals surface area contributed by atoms with Crippen LogP contribution in [-0.4, -0.2) is 74.6 Å². The number of benzene rings is 1. The third-order valence-electron chi connectivity index (χ3n) is 7.20. The predicted octanol–water partition coefficient (Wildman–Crippen LogP) is 2.03. The number of carbonyl (C=O) groups excluding carboxylic acids is 1. The topological polar surface area (TPSA) is 38.8 Å². The Balaban J connectivity index is 1.38. The van der Waals surface area contributed by atoms with Gasteiger partial charge in [0.15, 0.2) is 0 Å². The standard InChI is InChI=1S/C22H34N4O/c1-17-5-4-6-19(18(17)2)25-11-13-26(14-12-25)21(27)20-15-22(16-24(20)3)7-9-23-10-8-22/h4-6,20,23H,7-16H2,1-3H3. The summed E-state index contributed by atoms with van der Waals surface area (Å²) in [6.07, 6.45) is 3.46. The average Bonchev–Trinajstić information content (AvgIpc) is 2.99. The quantitative estimate of drug-likeness (QED) is 0.865. The molecule has 3 heterocycles. The molecule has 0 aliphatic carbocycles. The van der Waals surface area contributed by atoms with Gasteiger partial charge in [-0.3, -0.25) is 9.69 Å². The normalized spacial score (nSPS) is 26.0. The van der Waals surface area contributed by atoms with Crippen molar-refractivity contribution in [2.45, 2.75) is 39.2 Å². The van der Waals surface area contributed by atoms with Crippen LogP contribution in [0.3, 0.4) is 0 Å². The van der Waals surface area contributed by atoms with E-state index in [0.29, 0.717) is 11.3 Å². The Morgan fingerprint density at radius 2 is 1.81 bits per heavy atom. The SMILES string of the molecule is Cc1cccc(N2CCN(C(=O)C3CC4(CCNCC4)CN3C)CC2)c1C. The molecule has 1 spiro atoms. The molecule has 1 aromatic rings. The summed E-state index contributed by atoms with van der Waals surface area (Å²) in [7, 11) is 2.14. The molecule has 1 amide bonds. The van der Waals surface area contributed by atoms with Gasteiger partial charge in [0.05, 0.1) is 6.04 Å². The fraction of sp³-hybridized carbons (Fsp3) is 0.682. The van der Waals surface area contributed by atoms with E-state index in [-0.39, 0.29) is 6.04 Å². The molecule has 0 saturated carbocycles. The van der Waals surface area contributed by atoms with Crippen LogP contribution in [0.2, 0.25) is 0 Å². The van der Waals surface area contributed by atoms with Crippen LogP contribution in [0.15, 0.2) is 18.2 Å². The van der Waals surface area contributed by atoms with E-state index in [0.717, 1.165) is 52.2 Å². The number of likely N-dealkylation sites (tertiary alicyclic amines) is 1. The summed E-state index contributed by atoms with van der Waals surface area (Å²) < 4.78 is 0. The smallest absolute Gasteiger partial charge is 0.240 e. The third-order valence-corrected chi connectivity index (χ3v) is 7.20. The number of likely N-dealkylation sites (N-methyl/N-ethyl adjacent to an activating group) is 1. The zero-order chi connectivity index (χ0) is 19.0. The van der Waals surface area contributed by atoms with Crippen LogP contribution in [0.25, 0.3) is 0 Å². The Hall–Kier alpha value is -1.59. The highest BCUT2D eigenvalue weighted by molar-refractivity contribution is 5.82. The zero-order valence-electron chi connectivity index (χ0n) is 17.1. The van der Waals surface area contributed by atoms with Crippen molar-refractivity contribution in [2.75, 3.05) is 57.8 Å². The number of carbonyl (C=O) groups is 1. The first kappa shape index (κ1) is 18.8. The fourth-order valence-corrected chi connectivity index (χ4v) is 5.32. The molecule has 0 aromatic heterocycles. The number of piperidine rings is 1. The first-order chi connectivity index (χ1) is 13.0. The van der Waals surface area contributed by atoms with Gasteiger partial charge in [-0.1, -0.05) is 12.1 Å². The molecule has 1 atom stereocenters. The van der Waals surface area contributed by atoms with Crippen molar-refractivity contribution in [1.29, 1.82) is 0 Å². The molecule has 3 aliphatic rings. The highest BCUT2D eigenvalue weighted by Crippen LogP contribution is 2.41. The summed E-state index contributed by atoms with van der Waals surface area (Å²) in [5.41, 5.74) is 4.39. The van der Waals surface area contributed by atoms with Gasteiger partial charge in [-0.15, -0.1) is 0 Å². The fourth-order valence-electron chi connectivity index (χ4n) is 5.32. The van der Waals surface area contributed by atoms with Crippen molar-refractivity contribution in [3.63, 3.8) is 0 Å². The summed E-state index contributed by atoms with van der Waals surface area (Å²) in [5.74, 6) is 0.355. The van der Waals surface area contributed by atoms with Crippen LogP contribution in [0.1, 0.15) is 30.4 Å². The van der Waals surface area contributed by atoms with Crippen LogP contribution in [0.5, 0.6) is 0 Å². The van der Waals surface area contributed by atoms with E-state index in [4.69, 9.17) is 0 Å². The van der Waals surface area contributed by atoms with E-state index in [1.807, 2.05) is 0 Å². The summed E-state index contributed by atoms with van der Waals surface area (Å²) in [6, 6.07) is 6.60. The predicted molar refractivity (Wildman–Crippen MR) is 110 cm³/mol. The Kier molecular flexibility index (Phi) is 5.17. The lowest BCUT2D eigenvalue weighted by Gasteiger charge is -2.38. The van der Waals surface area contributed by atoms with Crippen molar-refractivity contribution in [3.05, 3.63) is 29.3 Å². The molecule has 5 heteroatoms. The monoisotopic (exact) mass is 370 g/mol. The lowest BCUT2D eigenvalue weighted by atomic mass is 9.77. The molecule has 148 valence electrons. The van der Waals surface area contributed by atoms with Crippen molar-refractivity contribution in [3.8, 4) is 0 Å². The van der Waals surface area contributed by atoms with Crippen LogP contribution in [-0.2, 0) is 4.79 Å². The number of rotatable bonds is 2. The maximum absolute atomic E-state index is 13.3. The van der Waals surface area contributed by atoms with Crippen LogP contribution >= 0.6 is 0 Å². The first-order valence-electron chi connectivity index (χ1n) is 10.5. The van der Waals surface area contributed by atoms with Gasteiger partial charge in [-0.05, 0) is 75.9 Å². The molecule has 27 heavy (non-hydrogen) atoms. The first-order valence-corrected chi connectivity index (χ1v) is 10.5. The summed E-state index contributed by atoms with van der Waals surface area (Å²) in [4.78, 5) is 20.1. The van der Waals surface area contributed by atoms with Crippen molar-refractivity contribution < 1.29 is 4.79 Å². The number of hydrogen-bond acceptors (Lipinski definition) is 4. The van der Waals surface area contributed by atoms with Gasteiger partial charge >= 0.3 is 0 Å². The molecule has 1 N–H and O–H groups in total. The highest BCUT2D eigenvalue weighted by atomic mass is 16.2. The number of nitrogens with one attached hydrogen (secondary N) is 1. The van der Waals surface area contributed by atoms with Gasteiger partial charge in [0.25, 0.3) is 0 Å². The van der Waals surface area contributed by atoms with Crippen molar-refractivity contribution >= 4 is 11.6 Å². The molecule has 1 unspecified atom stereocenters. The number of aryl methyl sites for hydroxylation is 1. The second-order valence-electron chi connectivity index (χ2n) is 8.92. The molecule has 4 rings (SSSR count). The Labute approximate surface area is 163 Å². The number of nitrogens with zero attached hydrogens (tertiary/aromatic N) is 3. The second-order valence-corrected chi connectivity index (χ2v) is 8.92. The molecule has 3 saturated heterocycles. The molecule has 0 bridgehead atoms. The van der Waals surface area contributed by atoms with E-state index in [1.54, 1.807) is 0 Å². The summed E-state index contributed by atoms with van der Waals surface area (Å²) in [5, 5.41) is 3.47. The largest absolute Gasteiger partial charge is 0.368 e. The highest BCUT2D eigenvalue weighted by Gasteiger charge is 2.46. The second kappa shape index (κ2) is 7.44. The van der Waals surface area contributed by atoms with E-state index in [1.165, 1.54) is 29.7 Å². The van der Waals surface area contributed by atoms with Gasteiger partial charge in [0.2, 0.25) is 5.91 Å². The maximum Gasteiger partial charge on any atom is 0.240 e. The Bertz CT molecular complexity index is 690. The molecular formula is C22H34N4O. The lowest BCUT2D eigenvalue weighted by molar-refractivity contribution is -0.135. The molecule has 3 fully saturated rings. The number of amides is 1. The molecular weight excluding hydrogens is 336 g/mol. The molecule has 0 radical (unpaired) electrons. The Morgan fingerprint density at radius 1 is 1.11 bits per heavy atom. The minimum absolute atomic E-state index is 0.0790. The van der Waals surface area contributed by atoms with Gasteiger partial charge in [0, 0.05) is 38.4 Å². The summed E-state index contributed by atoms with van der Waals surface area (Å²) >= 11 is 0. The van der Waals surface area contributed by atoms with Gasteiger partial charge < -0.3 is 15.1 Å². The average molecular weight is 371 g/mol. The number of piperazine rings is 1. The lowest BCUT2D eigenvalue weighted by Crippen LogP contribution is -2.53. The molecule has 3 aliphatic heterocycles. The van der Waals surface area contributed by atoms with E-state index < -0.39 is 0 Å². The molecule has 5 nitrogen and oxygen atoms in total. The number of anilines is 1. The summed E-state index contributed by atoms with van der Waals surface area (Å²) in [6.45, 7) is 11.2. The third kappa shape index (κ3) is 3.59. The van der Waals surface area contributed by atoms with E-state index in [9.17, 15) is 4.79 Å². The van der Waals surface area contributed by atoms with Gasteiger partial charge in [-0.25, -0.2) is 0 Å². The van der Waals surface area contributed by atoms with Gasteiger partial charge in [0.1, 0.15) is 0 Å². The minimum atomic E-state index is 0.0790. The maximum atomic E-state index is 13.3. The number of hydrogen-bond donors (Lipinski definition) is 1. The van der Waals surface area contributed by atoms with Crippen LogP contribution < -0.4 is 10.2 Å². The van der Waals surface area contributed by atoms with Crippen molar-refractivity contribution in [1.82, 2.24) is 15.1 Å². The minimum Gasteiger partial charge on any atom is -0.368 e.